The second kappa shape index (κ2) is 7.17. The number of carbonyl (C=O) groups excluding carboxylic acids is 1. The van der Waals surface area contributed by atoms with Gasteiger partial charge in [-0.3, -0.25) is 0 Å². The van der Waals surface area contributed by atoms with E-state index in [9.17, 15) is 9.90 Å². The van der Waals surface area contributed by atoms with Crippen molar-refractivity contribution in [2.24, 2.45) is 0 Å². The fraction of sp³-hybridized carbons (Fsp3) is 0.200. The van der Waals surface area contributed by atoms with E-state index in [2.05, 4.69) is 4.98 Å². The van der Waals surface area contributed by atoms with Crippen LogP contribution in [0.15, 0.2) is 53.9 Å². The van der Waals surface area contributed by atoms with Crippen molar-refractivity contribution in [2.45, 2.75) is 18.9 Å². The highest BCUT2D eigenvalue weighted by atomic mass is 32.1. The summed E-state index contributed by atoms with van der Waals surface area (Å²) < 4.78 is 11.4. The molecule has 4 rings (SSSR count). The first-order valence-corrected chi connectivity index (χ1v) is 9.16. The second-order valence-corrected chi connectivity index (χ2v) is 6.94. The Balaban J connectivity index is 1.42. The minimum atomic E-state index is -1.07. The van der Waals surface area contributed by atoms with E-state index in [0.29, 0.717) is 24.7 Å². The predicted molar refractivity (Wildman–Crippen MR) is 96.2 cm³/mol. The Morgan fingerprint density at radius 3 is 2.92 bits per heavy atom. The van der Waals surface area contributed by atoms with Gasteiger partial charge in [0, 0.05) is 34.5 Å². The lowest BCUT2D eigenvalue weighted by Crippen LogP contribution is -2.24. The molecule has 6 heteroatoms. The molecule has 1 aliphatic rings. The number of carboxylic acid groups (broad SMARTS) is 1. The van der Waals surface area contributed by atoms with Gasteiger partial charge >= 0.3 is 0 Å². The van der Waals surface area contributed by atoms with Gasteiger partial charge in [-0.25, -0.2) is 4.98 Å². The maximum Gasteiger partial charge on any atom is 0.131 e. The fourth-order valence-corrected chi connectivity index (χ4v) is 3.77. The molecule has 0 saturated heterocycles. The Morgan fingerprint density at radius 1 is 1.27 bits per heavy atom. The molecule has 0 N–H and O–H groups in total. The Bertz CT molecular complexity index is 923. The molecule has 1 atom stereocenters. The lowest BCUT2D eigenvalue weighted by Gasteiger charge is -2.10. The van der Waals surface area contributed by atoms with E-state index >= 15 is 0 Å². The number of aliphatic carboxylic acids is 1. The number of fused-ring (bicyclic) bond motifs is 1. The van der Waals surface area contributed by atoms with E-state index in [1.165, 1.54) is 0 Å². The molecule has 5 nitrogen and oxygen atoms in total. The number of benzene rings is 2. The van der Waals surface area contributed by atoms with Crippen LogP contribution >= 0.6 is 11.3 Å². The van der Waals surface area contributed by atoms with Gasteiger partial charge in [0.2, 0.25) is 0 Å². The summed E-state index contributed by atoms with van der Waals surface area (Å²) >= 11 is 1.59. The lowest BCUT2D eigenvalue weighted by molar-refractivity contribution is -0.306. The number of thiazole rings is 1. The van der Waals surface area contributed by atoms with Crippen molar-refractivity contribution in [3.05, 3.63) is 65.2 Å². The molecule has 2 aromatic carbocycles. The number of carbonyl (C=O) groups is 1. The van der Waals surface area contributed by atoms with Gasteiger partial charge in [0.25, 0.3) is 0 Å². The van der Waals surface area contributed by atoms with Crippen molar-refractivity contribution < 1.29 is 19.4 Å². The molecule has 1 unspecified atom stereocenters. The molecule has 0 radical (unpaired) electrons. The number of ether oxygens (including phenoxy) is 2. The number of carboxylic acids is 1. The zero-order chi connectivity index (χ0) is 17.9. The SMILES string of the molecule is O=C([O-])CC1COc2cc(OCc3csc(-c4ccccc4)n3)ccc21. The number of nitrogens with zero attached hydrogens (tertiary/aromatic N) is 1. The Kier molecular flexibility index (Phi) is 4.58. The van der Waals surface area contributed by atoms with Crippen LogP contribution in [0.2, 0.25) is 0 Å². The zero-order valence-corrected chi connectivity index (χ0v) is 14.7. The zero-order valence-electron chi connectivity index (χ0n) is 13.9. The van der Waals surface area contributed by atoms with Crippen LogP contribution in [-0.2, 0) is 11.4 Å². The van der Waals surface area contributed by atoms with E-state index < -0.39 is 5.97 Å². The molecule has 1 aliphatic heterocycles. The number of hydrogen-bond donors (Lipinski definition) is 0. The van der Waals surface area contributed by atoms with Crippen LogP contribution in [-0.4, -0.2) is 17.6 Å². The highest BCUT2D eigenvalue weighted by Gasteiger charge is 2.24. The molecular formula is C20H16NO4S-. The van der Waals surface area contributed by atoms with Crippen LogP contribution in [0.5, 0.6) is 11.5 Å². The minimum absolute atomic E-state index is 0.0334. The summed E-state index contributed by atoms with van der Waals surface area (Å²) in [4.78, 5) is 15.4. The minimum Gasteiger partial charge on any atom is -0.550 e. The monoisotopic (exact) mass is 366 g/mol. The van der Waals surface area contributed by atoms with Gasteiger partial charge in [-0.15, -0.1) is 11.3 Å². The summed E-state index contributed by atoms with van der Waals surface area (Å²) in [5.41, 5.74) is 2.85. The topological polar surface area (TPSA) is 71.5 Å². The van der Waals surface area contributed by atoms with Gasteiger partial charge < -0.3 is 19.4 Å². The molecule has 0 aliphatic carbocycles. The van der Waals surface area contributed by atoms with Crippen LogP contribution in [0.1, 0.15) is 23.6 Å². The van der Waals surface area contributed by atoms with Gasteiger partial charge in [0.15, 0.2) is 0 Å². The van der Waals surface area contributed by atoms with Crippen molar-refractivity contribution in [3.8, 4) is 22.1 Å². The average Bonchev–Trinajstić information content (AvgIpc) is 3.27. The maximum atomic E-state index is 10.8. The third-order valence-corrected chi connectivity index (χ3v) is 5.18. The predicted octanol–water partition coefficient (Wildman–Crippen LogP) is 3.01. The van der Waals surface area contributed by atoms with E-state index in [1.807, 2.05) is 47.8 Å². The smallest absolute Gasteiger partial charge is 0.131 e. The first kappa shape index (κ1) is 16.6. The fourth-order valence-electron chi connectivity index (χ4n) is 2.96. The highest BCUT2D eigenvalue weighted by molar-refractivity contribution is 7.13. The van der Waals surface area contributed by atoms with E-state index in [4.69, 9.17) is 9.47 Å². The summed E-state index contributed by atoms with van der Waals surface area (Å²) in [7, 11) is 0. The van der Waals surface area contributed by atoms with E-state index in [1.54, 1.807) is 17.4 Å². The summed E-state index contributed by atoms with van der Waals surface area (Å²) in [6.45, 7) is 0.726. The first-order valence-electron chi connectivity index (χ1n) is 8.28. The molecule has 0 bridgehead atoms. The molecule has 26 heavy (non-hydrogen) atoms. The Labute approximate surface area is 154 Å². The molecule has 0 saturated carbocycles. The third-order valence-electron chi connectivity index (χ3n) is 4.24. The molecule has 1 aromatic heterocycles. The van der Waals surface area contributed by atoms with Gasteiger partial charge in [0.1, 0.15) is 23.1 Å². The maximum absolute atomic E-state index is 10.8. The van der Waals surface area contributed by atoms with Crippen molar-refractivity contribution in [2.75, 3.05) is 6.61 Å². The summed E-state index contributed by atoms with van der Waals surface area (Å²) in [6.07, 6.45) is -0.0334. The molecule has 2 heterocycles. The number of aromatic nitrogens is 1. The summed E-state index contributed by atoms with van der Waals surface area (Å²) in [5, 5.41) is 13.8. The van der Waals surface area contributed by atoms with Crippen LogP contribution < -0.4 is 14.6 Å². The van der Waals surface area contributed by atoms with Crippen LogP contribution in [0.4, 0.5) is 0 Å². The normalized spacial score (nSPS) is 15.3. The molecule has 0 amide bonds. The van der Waals surface area contributed by atoms with Gasteiger partial charge in [-0.1, -0.05) is 36.4 Å². The number of rotatable bonds is 6. The first-order chi connectivity index (χ1) is 12.7. The standard InChI is InChI=1S/C20H17NO4S/c22-19(23)8-14-10-25-18-9-16(6-7-17(14)18)24-11-15-12-26-20(21-15)13-4-2-1-3-5-13/h1-7,9,12,14H,8,10-11H2,(H,22,23)/p-1. The van der Waals surface area contributed by atoms with Gasteiger partial charge in [-0.05, 0) is 12.5 Å². The quantitative estimate of drug-likeness (QED) is 0.671. The van der Waals surface area contributed by atoms with Crippen LogP contribution in [0.3, 0.4) is 0 Å². The largest absolute Gasteiger partial charge is 0.550 e. The molecule has 3 aromatic rings. The summed E-state index contributed by atoms with van der Waals surface area (Å²) in [6, 6.07) is 15.5. The lowest BCUT2D eigenvalue weighted by atomic mass is 9.98. The van der Waals surface area contributed by atoms with Crippen LogP contribution in [0.25, 0.3) is 10.6 Å². The second-order valence-electron chi connectivity index (χ2n) is 6.08. The Morgan fingerprint density at radius 2 is 2.12 bits per heavy atom. The van der Waals surface area contributed by atoms with Crippen LogP contribution in [0, 0.1) is 0 Å². The summed E-state index contributed by atoms with van der Waals surface area (Å²) in [5.74, 6) is 0.129. The van der Waals surface area contributed by atoms with Gasteiger partial charge in [0.05, 0.1) is 12.3 Å². The van der Waals surface area contributed by atoms with Crippen molar-refractivity contribution in [1.82, 2.24) is 4.98 Å². The average molecular weight is 366 g/mol. The Hall–Kier alpha value is -2.86. The third kappa shape index (κ3) is 3.55. The molecule has 132 valence electrons. The van der Waals surface area contributed by atoms with Crippen molar-refractivity contribution in [3.63, 3.8) is 0 Å². The highest BCUT2D eigenvalue weighted by Crippen LogP contribution is 2.38. The van der Waals surface area contributed by atoms with Crippen molar-refractivity contribution >= 4 is 17.3 Å². The molecule has 0 fully saturated rings. The number of hydrogen-bond acceptors (Lipinski definition) is 6. The molecule has 0 spiro atoms. The van der Waals surface area contributed by atoms with Crippen molar-refractivity contribution in [1.29, 1.82) is 0 Å². The molecular weight excluding hydrogens is 350 g/mol. The van der Waals surface area contributed by atoms with E-state index in [-0.39, 0.29) is 12.3 Å². The van der Waals surface area contributed by atoms with E-state index in [0.717, 1.165) is 21.8 Å². The van der Waals surface area contributed by atoms with Gasteiger partial charge in [-0.2, -0.15) is 0 Å².